The first-order valence-electron chi connectivity index (χ1n) is 4.52. The Kier molecular flexibility index (Phi) is 30.7. The number of nitrogens with zero attached hydrogens (tertiary/aromatic N) is 1. The van der Waals surface area contributed by atoms with E-state index in [-0.39, 0.29) is 0 Å². The van der Waals surface area contributed by atoms with Gasteiger partial charge in [0, 0.05) is 13.6 Å². The zero-order chi connectivity index (χ0) is 11.1. The third kappa shape index (κ3) is 36.2. The summed E-state index contributed by atoms with van der Waals surface area (Å²) in [5, 5.41) is 2.91. The van der Waals surface area contributed by atoms with Crippen LogP contribution >= 0.6 is 0 Å². The summed E-state index contributed by atoms with van der Waals surface area (Å²) in [5.74, 6) is 0.520. The van der Waals surface area contributed by atoms with Gasteiger partial charge in [-0.05, 0) is 6.42 Å². The molecule has 0 unspecified atom stereocenters. The molecule has 0 fully saturated rings. The molecule has 0 aliphatic heterocycles. The summed E-state index contributed by atoms with van der Waals surface area (Å²) in [6, 6.07) is 0. The molecular weight excluding hydrogens is 162 g/mol. The van der Waals surface area contributed by atoms with Crippen molar-refractivity contribution in [2.45, 2.75) is 33.6 Å². The van der Waals surface area contributed by atoms with Crippen molar-refractivity contribution in [3.8, 4) is 12.8 Å². The van der Waals surface area contributed by atoms with Crippen LogP contribution in [-0.4, -0.2) is 19.6 Å². The maximum absolute atomic E-state index is 5.30. The number of terminal acetylenes is 1. The third-order valence-electron chi connectivity index (χ3n) is 0.797. The van der Waals surface area contributed by atoms with E-state index in [1.54, 1.807) is 7.05 Å². The lowest BCUT2D eigenvalue weighted by Gasteiger charge is -1.99. The van der Waals surface area contributed by atoms with Crippen LogP contribution in [0.1, 0.15) is 33.6 Å². The molecule has 0 aromatic heterocycles. The number of nitrogens with one attached hydrogen (secondary N) is 1. The van der Waals surface area contributed by atoms with Gasteiger partial charge in [-0.2, -0.15) is 0 Å². The molecule has 0 aliphatic rings. The van der Waals surface area contributed by atoms with Gasteiger partial charge in [-0.25, -0.2) is 0 Å². The molecular formula is C10H23N3. The lowest BCUT2D eigenvalue weighted by atomic mass is 10.5. The van der Waals surface area contributed by atoms with Crippen LogP contribution < -0.4 is 11.1 Å². The number of nitrogens with two attached hydrogens (primary N) is 1. The van der Waals surface area contributed by atoms with E-state index in [0.717, 1.165) is 13.0 Å². The van der Waals surface area contributed by atoms with Crippen molar-refractivity contribution in [3.05, 3.63) is 0 Å². The smallest absolute Gasteiger partial charge is 0.188 e. The first kappa shape index (κ1) is 17.8. The Balaban J connectivity index is -0.000000169. The molecule has 0 atom stereocenters. The normalized spacial score (nSPS) is 8.62. The summed E-state index contributed by atoms with van der Waals surface area (Å²) >= 11 is 0. The number of guanidine groups is 1. The predicted molar refractivity (Wildman–Crippen MR) is 61.7 cm³/mol. The highest BCUT2D eigenvalue weighted by atomic mass is 15.1. The Morgan fingerprint density at radius 1 is 1.31 bits per heavy atom. The van der Waals surface area contributed by atoms with Crippen LogP contribution in [0.3, 0.4) is 0 Å². The van der Waals surface area contributed by atoms with Crippen LogP contribution in [0.5, 0.6) is 0 Å². The Bertz CT molecular complexity index is 117. The van der Waals surface area contributed by atoms with Gasteiger partial charge in [0.05, 0.1) is 0 Å². The highest BCUT2D eigenvalue weighted by molar-refractivity contribution is 5.77. The summed E-state index contributed by atoms with van der Waals surface area (Å²) in [6.45, 7) is 7.24. The summed E-state index contributed by atoms with van der Waals surface area (Å²) in [5.41, 5.74) is 5.30. The second-order valence-corrected chi connectivity index (χ2v) is 2.24. The molecule has 0 amide bonds. The third-order valence-corrected chi connectivity index (χ3v) is 0.797. The lowest BCUT2D eigenvalue weighted by molar-refractivity contribution is 0.832. The largest absolute Gasteiger partial charge is 0.370 e. The molecule has 0 heterocycles. The van der Waals surface area contributed by atoms with Gasteiger partial charge in [0.25, 0.3) is 0 Å². The monoisotopic (exact) mass is 185 g/mol. The minimum Gasteiger partial charge on any atom is -0.370 e. The first-order chi connectivity index (χ1) is 6.22. The molecule has 78 valence electrons. The van der Waals surface area contributed by atoms with Gasteiger partial charge >= 0.3 is 0 Å². The molecule has 0 saturated heterocycles. The topological polar surface area (TPSA) is 50.4 Å². The van der Waals surface area contributed by atoms with E-state index in [0.29, 0.717) is 5.96 Å². The van der Waals surface area contributed by atoms with Crippen molar-refractivity contribution >= 4 is 5.96 Å². The number of hydrogen-bond donors (Lipinski definition) is 2. The first-order valence-corrected chi connectivity index (χ1v) is 4.52. The maximum Gasteiger partial charge on any atom is 0.188 e. The summed E-state index contributed by atoms with van der Waals surface area (Å²) in [6.07, 6.45) is 10.3. The molecule has 0 aromatic carbocycles. The van der Waals surface area contributed by atoms with Crippen molar-refractivity contribution in [3.63, 3.8) is 0 Å². The van der Waals surface area contributed by atoms with Crippen LogP contribution in [0, 0.1) is 12.8 Å². The summed E-state index contributed by atoms with van der Waals surface area (Å²) in [4.78, 5) is 3.71. The Labute approximate surface area is 82.8 Å². The molecule has 0 spiro atoms. The molecule has 0 saturated carbocycles. The van der Waals surface area contributed by atoms with Gasteiger partial charge in [-0.1, -0.05) is 27.2 Å². The molecule has 0 radical (unpaired) electrons. The Morgan fingerprint density at radius 3 is 1.92 bits per heavy atom. The SMILES string of the molecule is C#C.CCC.CCCNC(N)=NC. The number of rotatable bonds is 2. The highest BCUT2D eigenvalue weighted by Crippen LogP contribution is 1.67. The van der Waals surface area contributed by atoms with Crippen molar-refractivity contribution in [2.75, 3.05) is 13.6 Å². The van der Waals surface area contributed by atoms with E-state index >= 15 is 0 Å². The highest BCUT2D eigenvalue weighted by Gasteiger charge is 1.82. The molecule has 3 heteroatoms. The van der Waals surface area contributed by atoms with E-state index < -0.39 is 0 Å². The molecule has 0 aromatic rings. The fourth-order valence-electron chi connectivity index (χ4n) is 0.332. The van der Waals surface area contributed by atoms with Gasteiger partial charge in [-0.3, -0.25) is 4.99 Å². The molecule has 3 N–H and O–H groups in total. The Morgan fingerprint density at radius 2 is 1.69 bits per heavy atom. The second kappa shape index (κ2) is 22.4. The van der Waals surface area contributed by atoms with Gasteiger partial charge in [0.2, 0.25) is 0 Å². The van der Waals surface area contributed by atoms with Gasteiger partial charge < -0.3 is 11.1 Å². The molecule has 3 nitrogen and oxygen atoms in total. The standard InChI is InChI=1S/C5H13N3.C3H8.C2H2/c1-3-4-8-5(6)7-2;1-3-2;1-2/h3-4H2,1-2H3,(H3,6,7,8);3H2,1-2H3;1-2H. The predicted octanol–water partition coefficient (Wildman–Crippen LogP) is 1.60. The molecule has 0 rings (SSSR count). The van der Waals surface area contributed by atoms with Crippen molar-refractivity contribution in [1.82, 2.24) is 5.32 Å². The van der Waals surface area contributed by atoms with Gasteiger partial charge in [-0.15, -0.1) is 12.8 Å². The maximum atomic E-state index is 5.30. The molecule has 0 aliphatic carbocycles. The van der Waals surface area contributed by atoms with Crippen LogP contribution in [-0.2, 0) is 0 Å². The van der Waals surface area contributed by atoms with E-state index in [9.17, 15) is 0 Å². The quantitative estimate of drug-likeness (QED) is 0.390. The summed E-state index contributed by atoms with van der Waals surface area (Å²) in [7, 11) is 1.66. The van der Waals surface area contributed by atoms with Gasteiger partial charge in [0.1, 0.15) is 0 Å². The van der Waals surface area contributed by atoms with Crippen molar-refractivity contribution in [2.24, 2.45) is 10.7 Å². The fraction of sp³-hybridized carbons (Fsp3) is 0.700. The van der Waals surface area contributed by atoms with E-state index in [1.165, 1.54) is 6.42 Å². The van der Waals surface area contributed by atoms with Crippen LogP contribution in [0.4, 0.5) is 0 Å². The Hall–Kier alpha value is -1.17. The van der Waals surface area contributed by atoms with Crippen LogP contribution in [0.2, 0.25) is 0 Å². The van der Waals surface area contributed by atoms with E-state index in [1.807, 2.05) is 0 Å². The van der Waals surface area contributed by atoms with E-state index in [2.05, 4.69) is 43.9 Å². The lowest BCUT2D eigenvalue weighted by Crippen LogP contribution is -2.31. The number of aliphatic imine (C=N–C) groups is 1. The van der Waals surface area contributed by atoms with Crippen molar-refractivity contribution in [1.29, 1.82) is 0 Å². The van der Waals surface area contributed by atoms with Crippen LogP contribution in [0.15, 0.2) is 4.99 Å². The minimum absolute atomic E-state index is 0.520. The average Bonchev–Trinajstić information content (AvgIpc) is 2.18. The summed E-state index contributed by atoms with van der Waals surface area (Å²) < 4.78 is 0. The zero-order valence-corrected chi connectivity index (χ0v) is 9.30. The average molecular weight is 185 g/mol. The molecule has 13 heavy (non-hydrogen) atoms. The molecule has 0 bridgehead atoms. The van der Waals surface area contributed by atoms with Gasteiger partial charge in [0.15, 0.2) is 5.96 Å². The number of hydrogen-bond acceptors (Lipinski definition) is 1. The minimum atomic E-state index is 0.520. The van der Waals surface area contributed by atoms with Crippen LogP contribution in [0.25, 0.3) is 0 Å². The van der Waals surface area contributed by atoms with E-state index in [4.69, 9.17) is 5.73 Å². The van der Waals surface area contributed by atoms with Crippen molar-refractivity contribution < 1.29 is 0 Å². The second-order valence-electron chi connectivity index (χ2n) is 2.24. The fourth-order valence-corrected chi connectivity index (χ4v) is 0.332. The zero-order valence-electron chi connectivity index (χ0n) is 9.30.